The first-order valence-corrected chi connectivity index (χ1v) is 12.0. The van der Waals surface area contributed by atoms with Crippen molar-refractivity contribution in [1.82, 2.24) is 4.90 Å². The van der Waals surface area contributed by atoms with E-state index in [0.29, 0.717) is 30.0 Å². The number of nitrogens with zero attached hydrogens (tertiary/aromatic N) is 1. The normalized spacial score (nSPS) is 14.7. The lowest BCUT2D eigenvalue weighted by Gasteiger charge is -2.25. The Morgan fingerprint density at radius 2 is 1.54 bits per heavy atom. The third-order valence-electron chi connectivity index (χ3n) is 6.56. The second kappa shape index (κ2) is 9.39. The van der Waals surface area contributed by atoms with Crippen LogP contribution in [0.2, 0.25) is 0 Å². The number of para-hydroxylation sites is 1. The Balaban J connectivity index is 1.46. The zero-order valence-corrected chi connectivity index (χ0v) is 19.8. The van der Waals surface area contributed by atoms with E-state index < -0.39 is 17.3 Å². The second-order valence-electron chi connectivity index (χ2n) is 8.94. The molecular weight excluding hydrogens is 469 g/mol. The summed E-state index contributed by atoms with van der Waals surface area (Å²) in [7, 11) is 0. The van der Waals surface area contributed by atoms with E-state index in [1.54, 1.807) is 4.90 Å². The average molecular weight is 492 g/mol. The highest BCUT2D eigenvalue weighted by atomic mass is 19.1. The number of amides is 1. The Bertz CT molecular complexity index is 1660. The standard InChI is InChI=1S/C31H22FNO4/c32-22-14-15-26-25(19-22)29(34)27-28(21-10-7-13-24(18-21)36-23-11-5-2-6-12-23)33(31(35)30(27)37-26)17-16-20-8-3-1-4-9-20/h1-15,18-19,28H,16-17H2. The van der Waals surface area contributed by atoms with Crippen LogP contribution in [0.3, 0.4) is 0 Å². The van der Waals surface area contributed by atoms with Gasteiger partial charge in [-0.05, 0) is 60.0 Å². The quantitative estimate of drug-likeness (QED) is 0.272. The topological polar surface area (TPSA) is 59.8 Å². The molecule has 1 amide bonds. The molecular formula is C31H22FNO4. The van der Waals surface area contributed by atoms with Crippen LogP contribution in [0, 0.1) is 5.82 Å². The molecule has 5 aromatic rings. The minimum absolute atomic E-state index is 0.00319. The number of carbonyl (C=O) groups excluding carboxylic acids is 1. The highest BCUT2D eigenvalue weighted by Crippen LogP contribution is 2.39. The number of carbonyl (C=O) groups is 1. The van der Waals surface area contributed by atoms with E-state index in [1.807, 2.05) is 84.9 Å². The van der Waals surface area contributed by atoms with Crippen molar-refractivity contribution in [2.75, 3.05) is 6.54 Å². The van der Waals surface area contributed by atoms with E-state index in [-0.39, 0.29) is 28.2 Å². The lowest BCUT2D eigenvalue weighted by molar-refractivity contribution is 0.0730. The fourth-order valence-corrected chi connectivity index (χ4v) is 4.84. The summed E-state index contributed by atoms with van der Waals surface area (Å²) in [4.78, 5) is 28.9. The average Bonchev–Trinajstić information content (AvgIpc) is 3.21. The van der Waals surface area contributed by atoms with E-state index in [0.717, 1.165) is 11.6 Å². The van der Waals surface area contributed by atoms with E-state index in [2.05, 4.69) is 0 Å². The van der Waals surface area contributed by atoms with Crippen molar-refractivity contribution in [3.05, 3.63) is 142 Å². The zero-order valence-electron chi connectivity index (χ0n) is 19.8. The van der Waals surface area contributed by atoms with Crippen LogP contribution in [0.25, 0.3) is 11.0 Å². The molecule has 0 N–H and O–H groups in total. The molecule has 182 valence electrons. The summed E-state index contributed by atoms with van der Waals surface area (Å²) in [5.74, 6) is 0.332. The molecule has 37 heavy (non-hydrogen) atoms. The predicted molar refractivity (Wildman–Crippen MR) is 138 cm³/mol. The van der Waals surface area contributed by atoms with Gasteiger partial charge in [0.05, 0.1) is 17.0 Å². The molecule has 1 aliphatic rings. The molecule has 6 heteroatoms. The molecule has 0 saturated heterocycles. The Kier molecular flexibility index (Phi) is 5.77. The lowest BCUT2D eigenvalue weighted by atomic mass is 9.98. The predicted octanol–water partition coefficient (Wildman–Crippen LogP) is 6.51. The van der Waals surface area contributed by atoms with E-state index in [4.69, 9.17) is 9.15 Å². The highest BCUT2D eigenvalue weighted by molar-refractivity contribution is 5.99. The second-order valence-corrected chi connectivity index (χ2v) is 8.94. The van der Waals surface area contributed by atoms with Crippen molar-refractivity contribution in [2.45, 2.75) is 12.5 Å². The maximum atomic E-state index is 14.0. The molecule has 6 rings (SSSR count). The Morgan fingerprint density at radius 3 is 2.32 bits per heavy atom. The molecule has 0 spiro atoms. The van der Waals surface area contributed by atoms with E-state index >= 15 is 0 Å². The Labute approximate surface area is 212 Å². The van der Waals surface area contributed by atoms with E-state index in [1.165, 1.54) is 12.1 Å². The van der Waals surface area contributed by atoms with Crippen LogP contribution in [0.15, 0.2) is 112 Å². The van der Waals surface area contributed by atoms with Gasteiger partial charge in [0.2, 0.25) is 5.76 Å². The summed E-state index contributed by atoms with van der Waals surface area (Å²) in [6, 6.07) is 29.6. The monoisotopic (exact) mass is 491 g/mol. The van der Waals surface area contributed by atoms with Crippen LogP contribution in [-0.2, 0) is 6.42 Å². The number of fused-ring (bicyclic) bond motifs is 2. The molecule has 0 fully saturated rings. The number of hydrogen-bond acceptors (Lipinski definition) is 4. The SMILES string of the molecule is O=C1c2oc3ccc(F)cc3c(=O)c2C(c2cccc(Oc3ccccc3)c2)N1CCc1ccccc1. The minimum Gasteiger partial charge on any atom is -0.457 e. The van der Waals surface area contributed by atoms with Crippen LogP contribution in [0.5, 0.6) is 11.5 Å². The molecule has 0 radical (unpaired) electrons. The fraction of sp³-hybridized carbons (Fsp3) is 0.0968. The minimum atomic E-state index is -0.700. The Hall–Kier alpha value is -4.71. The first-order valence-electron chi connectivity index (χ1n) is 12.0. The summed E-state index contributed by atoms with van der Waals surface area (Å²) in [6.07, 6.45) is 0.597. The van der Waals surface area contributed by atoms with Gasteiger partial charge < -0.3 is 14.1 Å². The molecule has 1 unspecified atom stereocenters. The summed E-state index contributed by atoms with van der Waals surface area (Å²) < 4.78 is 26.0. The van der Waals surface area contributed by atoms with Gasteiger partial charge in [0.15, 0.2) is 5.43 Å². The number of hydrogen-bond donors (Lipinski definition) is 0. The first-order chi connectivity index (χ1) is 18.1. The molecule has 1 aromatic heterocycles. The molecule has 4 aromatic carbocycles. The summed E-state index contributed by atoms with van der Waals surface area (Å²) in [6.45, 7) is 0.367. The molecule has 0 aliphatic carbocycles. The lowest BCUT2D eigenvalue weighted by Crippen LogP contribution is -2.31. The van der Waals surface area contributed by atoms with Crippen molar-refractivity contribution < 1.29 is 18.3 Å². The molecule has 5 nitrogen and oxygen atoms in total. The Morgan fingerprint density at radius 1 is 0.811 bits per heavy atom. The van der Waals surface area contributed by atoms with Gasteiger partial charge in [-0.25, -0.2) is 4.39 Å². The van der Waals surface area contributed by atoms with Gasteiger partial charge in [0.1, 0.15) is 22.9 Å². The number of rotatable bonds is 6. The summed E-state index contributed by atoms with van der Waals surface area (Å²) in [5, 5.41) is 0.109. The van der Waals surface area contributed by atoms with Gasteiger partial charge in [-0.3, -0.25) is 9.59 Å². The number of ether oxygens (including phenoxy) is 1. The molecule has 1 aliphatic heterocycles. The molecule has 0 bridgehead atoms. The zero-order chi connectivity index (χ0) is 25.4. The molecule has 1 atom stereocenters. The number of halogens is 1. The summed E-state index contributed by atoms with van der Waals surface area (Å²) >= 11 is 0. The largest absolute Gasteiger partial charge is 0.457 e. The van der Waals surface area contributed by atoms with Gasteiger partial charge in [-0.15, -0.1) is 0 Å². The first kappa shape index (κ1) is 22.7. The van der Waals surface area contributed by atoms with Gasteiger partial charge in [0, 0.05) is 6.54 Å². The number of benzene rings is 4. The fourth-order valence-electron chi connectivity index (χ4n) is 4.84. The van der Waals surface area contributed by atoms with Crippen LogP contribution in [0.4, 0.5) is 4.39 Å². The van der Waals surface area contributed by atoms with Crippen LogP contribution < -0.4 is 10.2 Å². The van der Waals surface area contributed by atoms with Crippen LogP contribution in [-0.4, -0.2) is 17.4 Å². The van der Waals surface area contributed by atoms with Crippen molar-refractivity contribution in [1.29, 1.82) is 0 Å². The van der Waals surface area contributed by atoms with Gasteiger partial charge in [-0.1, -0.05) is 60.7 Å². The van der Waals surface area contributed by atoms with Gasteiger partial charge >= 0.3 is 0 Å². The smallest absolute Gasteiger partial charge is 0.290 e. The van der Waals surface area contributed by atoms with Crippen LogP contribution >= 0.6 is 0 Å². The van der Waals surface area contributed by atoms with Crippen molar-refractivity contribution >= 4 is 16.9 Å². The van der Waals surface area contributed by atoms with E-state index in [9.17, 15) is 14.0 Å². The van der Waals surface area contributed by atoms with Gasteiger partial charge in [-0.2, -0.15) is 0 Å². The van der Waals surface area contributed by atoms with Gasteiger partial charge in [0.25, 0.3) is 5.91 Å². The third-order valence-corrected chi connectivity index (χ3v) is 6.56. The third kappa shape index (κ3) is 4.27. The van der Waals surface area contributed by atoms with Crippen molar-refractivity contribution in [3.63, 3.8) is 0 Å². The van der Waals surface area contributed by atoms with Crippen molar-refractivity contribution in [3.8, 4) is 11.5 Å². The molecule has 0 saturated carbocycles. The van der Waals surface area contributed by atoms with Crippen molar-refractivity contribution in [2.24, 2.45) is 0 Å². The maximum Gasteiger partial charge on any atom is 0.290 e. The van der Waals surface area contributed by atoms with Crippen LogP contribution in [0.1, 0.15) is 33.3 Å². The molecule has 2 heterocycles. The maximum absolute atomic E-state index is 14.0. The highest BCUT2D eigenvalue weighted by Gasteiger charge is 2.42. The summed E-state index contributed by atoms with van der Waals surface area (Å²) in [5.41, 5.74) is 1.76.